The summed E-state index contributed by atoms with van der Waals surface area (Å²) < 4.78 is 0. The average molecular weight is 258 g/mol. The minimum absolute atomic E-state index is 0.0894. The zero-order valence-electron chi connectivity index (χ0n) is 11.6. The van der Waals surface area contributed by atoms with Crippen molar-refractivity contribution in [2.75, 3.05) is 0 Å². The first kappa shape index (κ1) is 12.7. The molecule has 3 nitrogen and oxygen atoms in total. The molecule has 2 fully saturated rings. The minimum Gasteiger partial charge on any atom is -0.349 e. The maximum absolute atomic E-state index is 12.4. The van der Waals surface area contributed by atoms with Crippen molar-refractivity contribution in [3.8, 4) is 0 Å². The number of benzene rings is 1. The smallest absolute Gasteiger partial charge is 0.225 e. The van der Waals surface area contributed by atoms with Crippen LogP contribution in [0.5, 0.6) is 0 Å². The highest BCUT2D eigenvalue weighted by molar-refractivity contribution is 5.80. The number of rotatable bonds is 3. The van der Waals surface area contributed by atoms with Crippen LogP contribution in [0.25, 0.3) is 0 Å². The Kier molecular flexibility index (Phi) is 3.31. The molecule has 2 aliphatic heterocycles. The molecule has 2 heterocycles. The van der Waals surface area contributed by atoms with Crippen molar-refractivity contribution in [2.45, 2.75) is 51.2 Å². The summed E-state index contributed by atoms with van der Waals surface area (Å²) in [6, 6.07) is 9.43. The molecule has 0 spiro atoms. The Balaban J connectivity index is 1.63. The maximum atomic E-state index is 12.4. The van der Waals surface area contributed by atoms with E-state index >= 15 is 0 Å². The van der Waals surface area contributed by atoms with Crippen molar-refractivity contribution < 1.29 is 4.79 Å². The van der Waals surface area contributed by atoms with E-state index in [1.54, 1.807) is 0 Å². The second-order valence-electron chi connectivity index (χ2n) is 6.03. The van der Waals surface area contributed by atoms with E-state index in [0.29, 0.717) is 12.1 Å². The highest BCUT2D eigenvalue weighted by Gasteiger charge is 2.42. The second-order valence-corrected chi connectivity index (χ2v) is 6.03. The van der Waals surface area contributed by atoms with Gasteiger partial charge in [0, 0.05) is 12.1 Å². The Labute approximate surface area is 114 Å². The van der Waals surface area contributed by atoms with E-state index in [1.807, 2.05) is 6.07 Å². The van der Waals surface area contributed by atoms with Gasteiger partial charge in [0.15, 0.2) is 0 Å². The number of hydrogen-bond donors (Lipinski definition) is 2. The second kappa shape index (κ2) is 4.97. The summed E-state index contributed by atoms with van der Waals surface area (Å²) in [5, 5.41) is 6.69. The lowest BCUT2D eigenvalue weighted by molar-refractivity contribution is -0.126. The molecule has 0 radical (unpaired) electrons. The van der Waals surface area contributed by atoms with E-state index in [4.69, 9.17) is 0 Å². The van der Waals surface area contributed by atoms with E-state index < -0.39 is 0 Å². The molecule has 3 heteroatoms. The molecule has 2 N–H and O–H groups in total. The van der Waals surface area contributed by atoms with Crippen LogP contribution in [-0.4, -0.2) is 18.0 Å². The number of amides is 1. The molecule has 0 aromatic heterocycles. The molecule has 3 unspecified atom stereocenters. The fraction of sp³-hybridized carbons (Fsp3) is 0.562. The molecule has 2 aliphatic rings. The molecular formula is C16H22N2O. The molecule has 1 amide bonds. The predicted molar refractivity (Wildman–Crippen MR) is 75.8 cm³/mol. The van der Waals surface area contributed by atoms with Crippen molar-refractivity contribution in [2.24, 2.45) is 5.92 Å². The SMILES string of the molecule is Cc1cccc([C@@H](C)NC(=O)C2CC3CCC2N3)c1. The van der Waals surface area contributed by atoms with Crippen molar-refractivity contribution in [1.29, 1.82) is 0 Å². The number of nitrogens with one attached hydrogen (secondary N) is 2. The molecule has 19 heavy (non-hydrogen) atoms. The first-order valence-electron chi connectivity index (χ1n) is 7.26. The third-order valence-corrected chi connectivity index (χ3v) is 4.54. The number of carbonyl (C=O) groups excluding carboxylic acids is 1. The third-order valence-electron chi connectivity index (χ3n) is 4.54. The Morgan fingerprint density at radius 2 is 2.26 bits per heavy atom. The summed E-state index contributed by atoms with van der Waals surface area (Å²) in [6.07, 6.45) is 3.40. The fourth-order valence-electron chi connectivity index (χ4n) is 3.46. The van der Waals surface area contributed by atoms with Gasteiger partial charge in [-0.25, -0.2) is 0 Å². The quantitative estimate of drug-likeness (QED) is 0.873. The van der Waals surface area contributed by atoms with Gasteiger partial charge in [0.1, 0.15) is 0 Å². The van der Waals surface area contributed by atoms with E-state index in [9.17, 15) is 4.79 Å². The van der Waals surface area contributed by atoms with Gasteiger partial charge >= 0.3 is 0 Å². The van der Waals surface area contributed by atoms with Crippen LogP contribution < -0.4 is 10.6 Å². The van der Waals surface area contributed by atoms with Crippen LogP contribution in [0.15, 0.2) is 24.3 Å². The van der Waals surface area contributed by atoms with Crippen molar-refractivity contribution in [1.82, 2.24) is 10.6 Å². The monoisotopic (exact) mass is 258 g/mol. The van der Waals surface area contributed by atoms with E-state index in [-0.39, 0.29) is 17.9 Å². The van der Waals surface area contributed by atoms with Gasteiger partial charge < -0.3 is 10.6 Å². The van der Waals surface area contributed by atoms with Crippen LogP contribution in [0, 0.1) is 12.8 Å². The average Bonchev–Trinajstić information content (AvgIpc) is 3.00. The van der Waals surface area contributed by atoms with Crippen molar-refractivity contribution in [3.05, 3.63) is 35.4 Å². The topological polar surface area (TPSA) is 41.1 Å². The highest BCUT2D eigenvalue weighted by Crippen LogP contribution is 2.33. The van der Waals surface area contributed by atoms with Crippen LogP contribution in [0.4, 0.5) is 0 Å². The summed E-state index contributed by atoms with van der Waals surface area (Å²) in [6.45, 7) is 4.14. The molecule has 0 aliphatic carbocycles. The zero-order valence-corrected chi connectivity index (χ0v) is 11.6. The van der Waals surface area contributed by atoms with Gasteiger partial charge in [-0.2, -0.15) is 0 Å². The summed E-state index contributed by atoms with van der Waals surface area (Å²) in [5.41, 5.74) is 2.42. The first-order chi connectivity index (χ1) is 9.13. The normalized spacial score (nSPS) is 30.3. The van der Waals surface area contributed by atoms with E-state index in [2.05, 4.69) is 42.7 Å². The third kappa shape index (κ3) is 2.52. The lowest BCUT2D eigenvalue weighted by Crippen LogP contribution is -2.38. The summed E-state index contributed by atoms with van der Waals surface area (Å²) in [7, 11) is 0. The molecule has 1 aromatic rings. The molecule has 0 saturated carbocycles. The first-order valence-corrected chi connectivity index (χ1v) is 7.26. The molecule has 102 valence electrons. The van der Waals surface area contributed by atoms with Crippen LogP contribution in [0.3, 0.4) is 0 Å². The standard InChI is InChI=1S/C16H22N2O/c1-10-4-3-5-12(8-10)11(2)17-16(19)14-9-13-6-7-15(14)18-13/h3-5,8,11,13-15,18H,6-7,9H2,1-2H3,(H,17,19)/t11-,13?,14?,15?/m1/s1. The van der Waals surface area contributed by atoms with Crippen molar-refractivity contribution >= 4 is 5.91 Å². The number of carbonyl (C=O) groups is 1. The van der Waals surface area contributed by atoms with E-state index in [0.717, 1.165) is 12.8 Å². The van der Waals surface area contributed by atoms with Crippen LogP contribution in [-0.2, 0) is 4.79 Å². The molecule has 3 rings (SSSR count). The van der Waals surface area contributed by atoms with Crippen LogP contribution >= 0.6 is 0 Å². The molecule has 4 atom stereocenters. The van der Waals surface area contributed by atoms with Gasteiger partial charge in [0.25, 0.3) is 0 Å². The lowest BCUT2D eigenvalue weighted by atomic mass is 9.88. The lowest BCUT2D eigenvalue weighted by Gasteiger charge is -2.22. The summed E-state index contributed by atoms with van der Waals surface area (Å²) >= 11 is 0. The Bertz CT molecular complexity index is 485. The Hall–Kier alpha value is -1.35. The van der Waals surface area contributed by atoms with Gasteiger partial charge in [-0.3, -0.25) is 4.79 Å². The van der Waals surface area contributed by atoms with Gasteiger partial charge in [-0.15, -0.1) is 0 Å². The van der Waals surface area contributed by atoms with Gasteiger partial charge in [-0.05, 0) is 38.7 Å². The maximum Gasteiger partial charge on any atom is 0.225 e. The zero-order chi connectivity index (χ0) is 13.4. The minimum atomic E-state index is 0.0894. The highest BCUT2D eigenvalue weighted by atomic mass is 16.2. The number of aryl methyl sites for hydroxylation is 1. The molecule has 2 saturated heterocycles. The fourth-order valence-corrected chi connectivity index (χ4v) is 3.46. The van der Waals surface area contributed by atoms with Crippen molar-refractivity contribution in [3.63, 3.8) is 0 Å². The molecular weight excluding hydrogens is 236 g/mol. The van der Waals surface area contributed by atoms with Gasteiger partial charge in [-0.1, -0.05) is 29.8 Å². The Morgan fingerprint density at radius 3 is 2.89 bits per heavy atom. The van der Waals surface area contributed by atoms with Crippen LogP contribution in [0.1, 0.15) is 43.4 Å². The van der Waals surface area contributed by atoms with E-state index in [1.165, 1.54) is 17.5 Å². The largest absolute Gasteiger partial charge is 0.349 e. The van der Waals surface area contributed by atoms with Gasteiger partial charge in [0.2, 0.25) is 5.91 Å². The summed E-state index contributed by atoms with van der Waals surface area (Å²) in [5.74, 6) is 0.389. The summed E-state index contributed by atoms with van der Waals surface area (Å²) in [4.78, 5) is 12.4. The van der Waals surface area contributed by atoms with Crippen LogP contribution in [0.2, 0.25) is 0 Å². The predicted octanol–water partition coefficient (Wildman–Crippen LogP) is 2.31. The van der Waals surface area contributed by atoms with Gasteiger partial charge in [0.05, 0.1) is 12.0 Å². The molecule has 2 bridgehead atoms. The number of hydrogen-bond acceptors (Lipinski definition) is 2. The Morgan fingerprint density at radius 1 is 1.42 bits per heavy atom. The number of fused-ring (bicyclic) bond motifs is 2. The molecule has 1 aromatic carbocycles.